The molecule has 1 unspecified atom stereocenters. The van der Waals surface area contributed by atoms with Crippen LogP contribution >= 0.6 is 46.9 Å². The Kier molecular flexibility index (Phi) is 9.49. The lowest BCUT2D eigenvalue weighted by Gasteiger charge is -2.21. The van der Waals surface area contributed by atoms with Crippen LogP contribution in [-0.4, -0.2) is 37.6 Å². The Hall–Kier alpha value is -1.06. The maximum absolute atomic E-state index is 6.19. The van der Waals surface area contributed by atoms with Crippen molar-refractivity contribution in [3.8, 4) is 0 Å². The number of guanidine groups is 1. The van der Waals surface area contributed by atoms with Gasteiger partial charge < -0.3 is 15.5 Å². The maximum atomic E-state index is 6.19. The first-order valence-corrected chi connectivity index (χ1v) is 11.1. The van der Waals surface area contributed by atoms with E-state index in [0.29, 0.717) is 18.4 Å². The number of nitrogens with one attached hydrogen (secondary N) is 2. The summed E-state index contributed by atoms with van der Waals surface area (Å²) in [6.45, 7) is 10.2. The molecule has 1 aromatic heterocycles. The van der Waals surface area contributed by atoms with Gasteiger partial charge in [-0.25, -0.2) is 4.98 Å². The van der Waals surface area contributed by atoms with Crippen molar-refractivity contribution in [2.45, 2.75) is 39.7 Å². The first-order valence-electron chi connectivity index (χ1n) is 9.86. The van der Waals surface area contributed by atoms with E-state index in [4.69, 9.17) is 11.6 Å². The Morgan fingerprint density at radius 1 is 1.38 bits per heavy atom. The number of hydrogen-bond donors (Lipinski definition) is 2. The van der Waals surface area contributed by atoms with Gasteiger partial charge in [-0.05, 0) is 42.9 Å². The van der Waals surface area contributed by atoms with Crippen LogP contribution in [0.25, 0.3) is 0 Å². The average Bonchev–Trinajstić information content (AvgIpc) is 3.33. The van der Waals surface area contributed by atoms with E-state index in [-0.39, 0.29) is 24.0 Å². The van der Waals surface area contributed by atoms with Gasteiger partial charge in [-0.3, -0.25) is 4.99 Å². The van der Waals surface area contributed by atoms with Gasteiger partial charge in [0.2, 0.25) is 0 Å². The van der Waals surface area contributed by atoms with E-state index in [0.717, 1.165) is 41.3 Å². The minimum atomic E-state index is 0. The molecule has 160 valence electrons. The third-order valence-electron chi connectivity index (χ3n) is 5.15. The van der Waals surface area contributed by atoms with Gasteiger partial charge in [0, 0.05) is 42.8 Å². The van der Waals surface area contributed by atoms with Crippen LogP contribution in [0, 0.1) is 12.8 Å². The van der Waals surface area contributed by atoms with E-state index in [1.54, 1.807) is 11.3 Å². The molecule has 1 aromatic carbocycles. The number of aromatic nitrogens is 1. The minimum Gasteiger partial charge on any atom is -0.371 e. The standard InChI is InChI=1S/C21H30ClN5S.HI/c1-14(2)18-13-28-20(26-18)11-25-21(23-4)24-10-16-7-8-27(12-16)19-9-17(22)6-5-15(19)3;/h5-6,9,13-14,16H,7-8,10-12H2,1-4H3,(H2,23,24,25);1H. The molecule has 3 rings (SSSR count). The van der Waals surface area contributed by atoms with Crippen LogP contribution < -0.4 is 15.5 Å². The highest BCUT2D eigenvalue weighted by atomic mass is 127. The SMILES string of the molecule is CN=C(NCc1nc(C(C)C)cs1)NCC1CCN(c2cc(Cl)ccc2C)C1.I. The normalized spacial score (nSPS) is 16.8. The summed E-state index contributed by atoms with van der Waals surface area (Å²) in [5, 5.41) is 10.9. The van der Waals surface area contributed by atoms with Gasteiger partial charge >= 0.3 is 0 Å². The Bertz CT molecular complexity index is 823. The molecule has 8 heteroatoms. The molecular weight excluding hydrogens is 517 g/mol. The van der Waals surface area contributed by atoms with Gasteiger partial charge in [0.25, 0.3) is 0 Å². The summed E-state index contributed by atoms with van der Waals surface area (Å²) < 4.78 is 0. The molecule has 1 aliphatic rings. The predicted molar refractivity (Wildman–Crippen MR) is 136 cm³/mol. The van der Waals surface area contributed by atoms with E-state index < -0.39 is 0 Å². The molecule has 5 nitrogen and oxygen atoms in total. The number of hydrogen-bond acceptors (Lipinski definition) is 4. The number of aliphatic imine (C=N–C) groups is 1. The number of rotatable bonds is 6. The zero-order chi connectivity index (χ0) is 20.1. The predicted octanol–water partition coefficient (Wildman–Crippen LogP) is 5.04. The second-order valence-corrected chi connectivity index (χ2v) is 9.04. The lowest BCUT2D eigenvalue weighted by Crippen LogP contribution is -2.40. The molecule has 0 amide bonds. The smallest absolute Gasteiger partial charge is 0.191 e. The number of benzene rings is 1. The first-order chi connectivity index (χ1) is 13.5. The summed E-state index contributed by atoms with van der Waals surface area (Å²) in [5.41, 5.74) is 3.69. The van der Waals surface area contributed by atoms with Gasteiger partial charge in [-0.2, -0.15) is 0 Å². The molecule has 2 N–H and O–H groups in total. The molecule has 2 heterocycles. The molecule has 2 aromatic rings. The zero-order valence-electron chi connectivity index (χ0n) is 17.5. The van der Waals surface area contributed by atoms with Crippen LogP contribution in [0.1, 0.15) is 42.5 Å². The van der Waals surface area contributed by atoms with Crippen LogP contribution in [0.2, 0.25) is 5.02 Å². The third kappa shape index (κ3) is 6.72. The maximum Gasteiger partial charge on any atom is 0.191 e. The molecule has 1 atom stereocenters. The van der Waals surface area contributed by atoms with Crippen LogP contribution in [0.15, 0.2) is 28.6 Å². The summed E-state index contributed by atoms with van der Waals surface area (Å²) in [6.07, 6.45) is 1.17. The zero-order valence-corrected chi connectivity index (χ0v) is 21.4. The Labute approximate surface area is 200 Å². The van der Waals surface area contributed by atoms with Crippen molar-refractivity contribution in [3.05, 3.63) is 44.9 Å². The van der Waals surface area contributed by atoms with Crippen LogP contribution in [0.3, 0.4) is 0 Å². The van der Waals surface area contributed by atoms with Gasteiger partial charge in [-0.15, -0.1) is 35.3 Å². The fourth-order valence-electron chi connectivity index (χ4n) is 3.43. The van der Waals surface area contributed by atoms with Gasteiger partial charge in [0.05, 0.1) is 12.2 Å². The molecule has 29 heavy (non-hydrogen) atoms. The third-order valence-corrected chi connectivity index (χ3v) is 6.25. The lowest BCUT2D eigenvalue weighted by atomic mass is 10.1. The van der Waals surface area contributed by atoms with Crippen molar-refractivity contribution in [1.82, 2.24) is 15.6 Å². The van der Waals surface area contributed by atoms with Crippen molar-refractivity contribution < 1.29 is 0 Å². The second-order valence-electron chi connectivity index (χ2n) is 7.66. The van der Waals surface area contributed by atoms with E-state index in [9.17, 15) is 0 Å². The molecule has 1 aliphatic heterocycles. The number of anilines is 1. The van der Waals surface area contributed by atoms with Crippen molar-refractivity contribution >= 4 is 58.6 Å². The van der Waals surface area contributed by atoms with Crippen molar-refractivity contribution in [2.24, 2.45) is 10.9 Å². The molecule has 1 saturated heterocycles. The first kappa shape index (κ1) is 24.2. The van der Waals surface area contributed by atoms with Crippen molar-refractivity contribution in [2.75, 3.05) is 31.6 Å². The quantitative estimate of drug-likeness (QED) is 0.302. The minimum absolute atomic E-state index is 0. The molecule has 0 bridgehead atoms. The van der Waals surface area contributed by atoms with Crippen LogP contribution in [0.4, 0.5) is 5.69 Å². The lowest BCUT2D eigenvalue weighted by molar-refractivity contribution is 0.565. The number of halogens is 2. The van der Waals surface area contributed by atoms with Crippen LogP contribution in [0.5, 0.6) is 0 Å². The highest BCUT2D eigenvalue weighted by Gasteiger charge is 2.24. The largest absolute Gasteiger partial charge is 0.371 e. The van der Waals surface area contributed by atoms with Crippen molar-refractivity contribution in [1.29, 1.82) is 0 Å². The second kappa shape index (κ2) is 11.4. The van der Waals surface area contributed by atoms with E-state index in [1.165, 1.54) is 17.7 Å². The average molecular weight is 548 g/mol. The van der Waals surface area contributed by atoms with Crippen LogP contribution in [-0.2, 0) is 6.54 Å². The monoisotopic (exact) mass is 547 g/mol. The Morgan fingerprint density at radius 2 is 2.17 bits per heavy atom. The Balaban J connectivity index is 0.00000300. The summed E-state index contributed by atoms with van der Waals surface area (Å²) >= 11 is 7.89. The van der Waals surface area contributed by atoms with E-state index in [1.807, 2.05) is 13.1 Å². The number of aryl methyl sites for hydroxylation is 1. The summed E-state index contributed by atoms with van der Waals surface area (Å²) in [6, 6.07) is 6.13. The van der Waals surface area contributed by atoms with Crippen molar-refractivity contribution in [3.63, 3.8) is 0 Å². The van der Waals surface area contributed by atoms with Gasteiger partial charge in [0.1, 0.15) is 5.01 Å². The summed E-state index contributed by atoms with van der Waals surface area (Å²) in [5.74, 6) is 1.89. The highest BCUT2D eigenvalue weighted by molar-refractivity contribution is 14.0. The Morgan fingerprint density at radius 3 is 2.86 bits per heavy atom. The number of thiazole rings is 1. The molecule has 0 aliphatic carbocycles. The number of nitrogens with zero attached hydrogens (tertiary/aromatic N) is 3. The summed E-state index contributed by atoms with van der Waals surface area (Å²) in [4.78, 5) is 11.5. The fourth-order valence-corrected chi connectivity index (χ4v) is 4.50. The molecule has 0 saturated carbocycles. The molecule has 0 radical (unpaired) electrons. The van der Waals surface area contributed by atoms with E-state index >= 15 is 0 Å². The molecule has 1 fully saturated rings. The fraction of sp³-hybridized carbons (Fsp3) is 0.524. The van der Waals surface area contributed by atoms with E-state index in [2.05, 4.69) is 63.8 Å². The molecule has 0 spiro atoms. The molecular formula is C21H31ClIN5S. The van der Waals surface area contributed by atoms with Gasteiger partial charge in [-0.1, -0.05) is 31.5 Å². The topological polar surface area (TPSA) is 52.6 Å². The van der Waals surface area contributed by atoms with Gasteiger partial charge in [0.15, 0.2) is 5.96 Å². The highest BCUT2D eigenvalue weighted by Crippen LogP contribution is 2.29. The summed E-state index contributed by atoms with van der Waals surface area (Å²) in [7, 11) is 1.81.